The lowest BCUT2D eigenvalue weighted by molar-refractivity contribution is -0.116. The number of anilines is 1. The van der Waals surface area contributed by atoms with Gasteiger partial charge in [-0.3, -0.25) is 4.79 Å². The predicted molar refractivity (Wildman–Crippen MR) is 79.8 cm³/mol. The second kappa shape index (κ2) is 6.21. The number of nitrogens with two attached hydrogens (primary N) is 1. The third-order valence-corrected chi connectivity index (χ3v) is 4.47. The van der Waals surface area contributed by atoms with Crippen molar-refractivity contribution in [3.63, 3.8) is 0 Å². The van der Waals surface area contributed by atoms with E-state index in [9.17, 15) is 13.2 Å². The molecule has 1 aromatic rings. The summed E-state index contributed by atoms with van der Waals surface area (Å²) in [5, 5.41) is 11.0. The van der Waals surface area contributed by atoms with Crippen LogP contribution in [-0.2, 0) is 14.8 Å². The van der Waals surface area contributed by atoms with Crippen LogP contribution >= 0.6 is 15.9 Å². The molecule has 1 aliphatic carbocycles. The topological polar surface area (TPSA) is 101 Å². The van der Waals surface area contributed by atoms with E-state index in [2.05, 4.69) is 26.6 Å². The molecular formula is C12H16BrN3O3S. The monoisotopic (exact) mass is 361 g/mol. The van der Waals surface area contributed by atoms with E-state index >= 15 is 0 Å². The number of rotatable bonds is 6. The molecule has 1 aliphatic rings. The Labute approximate surface area is 126 Å². The molecule has 8 heteroatoms. The van der Waals surface area contributed by atoms with Crippen LogP contribution < -0.4 is 15.8 Å². The van der Waals surface area contributed by atoms with Crippen LogP contribution in [0, 0.1) is 0 Å². The summed E-state index contributed by atoms with van der Waals surface area (Å²) in [5.41, 5.74) is 0.522. The first kappa shape index (κ1) is 15.4. The lowest BCUT2D eigenvalue weighted by Gasteiger charge is -2.09. The third kappa shape index (κ3) is 4.55. The van der Waals surface area contributed by atoms with E-state index in [1.165, 1.54) is 31.0 Å². The zero-order valence-electron chi connectivity index (χ0n) is 10.7. The lowest BCUT2D eigenvalue weighted by atomic mass is 10.3. The summed E-state index contributed by atoms with van der Waals surface area (Å²) in [7, 11) is -3.74. The number of carbonyl (C=O) groups is 1. The van der Waals surface area contributed by atoms with Crippen LogP contribution in [0.4, 0.5) is 5.69 Å². The van der Waals surface area contributed by atoms with Gasteiger partial charge in [0.05, 0.1) is 10.6 Å². The van der Waals surface area contributed by atoms with Crippen molar-refractivity contribution in [1.29, 1.82) is 0 Å². The summed E-state index contributed by atoms with van der Waals surface area (Å²) in [5.74, 6) is -0.123. The molecule has 1 fully saturated rings. The Morgan fingerprint density at radius 3 is 2.65 bits per heavy atom. The van der Waals surface area contributed by atoms with Gasteiger partial charge in [0.15, 0.2) is 0 Å². The molecule has 20 heavy (non-hydrogen) atoms. The Morgan fingerprint density at radius 1 is 1.40 bits per heavy atom. The molecule has 2 rings (SSSR count). The highest BCUT2D eigenvalue weighted by Crippen LogP contribution is 2.25. The summed E-state index contributed by atoms with van der Waals surface area (Å²) in [6.45, 7) is 0.642. The fourth-order valence-corrected chi connectivity index (χ4v) is 2.83. The number of carbonyl (C=O) groups excluding carboxylic acids is 1. The van der Waals surface area contributed by atoms with E-state index in [1.54, 1.807) is 0 Å². The maximum atomic E-state index is 11.7. The van der Waals surface area contributed by atoms with Crippen molar-refractivity contribution < 1.29 is 13.2 Å². The van der Waals surface area contributed by atoms with E-state index in [-0.39, 0.29) is 10.8 Å². The molecular weight excluding hydrogens is 346 g/mol. The van der Waals surface area contributed by atoms with Crippen molar-refractivity contribution >= 4 is 37.5 Å². The zero-order valence-corrected chi connectivity index (χ0v) is 13.1. The van der Waals surface area contributed by atoms with Crippen LogP contribution in [-0.4, -0.2) is 26.9 Å². The average Bonchev–Trinajstić information content (AvgIpc) is 3.14. The largest absolute Gasteiger partial charge is 0.325 e. The number of amides is 1. The van der Waals surface area contributed by atoms with E-state index in [0.717, 1.165) is 0 Å². The van der Waals surface area contributed by atoms with Crippen LogP contribution in [0.5, 0.6) is 0 Å². The molecule has 0 aliphatic heterocycles. The van der Waals surface area contributed by atoms with Crippen LogP contribution in [0.3, 0.4) is 0 Å². The van der Waals surface area contributed by atoms with E-state index < -0.39 is 10.0 Å². The molecule has 0 spiro atoms. The first-order chi connectivity index (χ1) is 9.36. The van der Waals surface area contributed by atoms with E-state index in [0.29, 0.717) is 29.2 Å². The fraction of sp³-hybridized carbons (Fsp3) is 0.417. The molecule has 1 saturated carbocycles. The number of hydrogen-bond acceptors (Lipinski definition) is 4. The smallest absolute Gasteiger partial charge is 0.238 e. The minimum absolute atomic E-state index is 0.00206. The molecule has 0 bridgehead atoms. The van der Waals surface area contributed by atoms with Crippen molar-refractivity contribution in [2.45, 2.75) is 30.2 Å². The Kier molecular flexibility index (Phi) is 4.79. The van der Waals surface area contributed by atoms with E-state index in [1.807, 2.05) is 0 Å². The number of nitrogens with one attached hydrogen (secondary N) is 2. The van der Waals surface area contributed by atoms with Crippen molar-refractivity contribution in [2.24, 2.45) is 5.14 Å². The number of primary sulfonamides is 1. The summed E-state index contributed by atoms with van der Waals surface area (Å²) in [6.07, 6.45) is 2.74. The maximum absolute atomic E-state index is 11.7. The molecule has 0 unspecified atom stereocenters. The van der Waals surface area contributed by atoms with Crippen LogP contribution in [0.25, 0.3) is 0 Å². The van der Waals surface area contributed by atoms with Crippen LogP contribution in [0.2, 0.25) is 0 Å². The minimum Gasteiger partial charge on any atom is -0.325 e. The lowest BCUT2D eigenvalue weighted by Crippen LogP contribution is -2.23. The number of halogens is 1. The molecule has 6 nitrogen and oxygen atoms in total. The van der Waals surface area contributed by atoms with Gasteiger partial charge in [-0.05, 0) is 47.0 Å². The molecule has 1 aromatic carbocycles. The average molecular weight is 362 g/mol. The first-order valence-corrected chi connectivity index (χ1v) is 8.56. The Morgan fingerprint density at radius 2 is 2.10 bits per heavy atom. The van der Waals surface area contributed by atoms with Gasteiger partial charge in [-0.15, -0.1) is 0 Å². The van der Waals surface area contributed by atoms with Crippen LogP contribution in [0.1, 0.15) is 19.3 Å². The van der Waals surface area contributed by atoms with Gasteiger partial charge in [0.25, 0.3) is 0 Å². The fourth-order valence-electron chi connectivity index (χ4n) is 1.66. The van der Waals surface area contributed by atoms with Crippen molar-refractivity contribution in [2.75, 3.05) is 11.9 Å². The van der Waals surface area contributed by atoms with Gasteiger partial charge >= 0.3 is 0 Å². The summed E-state index contributed by atoms with van der Waals surface area (Å²) in [4.78, 5) is 11.7. The van der Waals surface area contributed by atoms with Gasteiger partial charge in [-0.1, -0.05) is 0 Å². The Hall–Kier alpha value is -0.960. The van der Waals surface area contributed by atoms with Gasteiger partial charge in [-0.25, -0.2) is 13.6 Å². The molecule has 1 amide bonds. The summed E-state index contributed by atoms with van der Waals surface area (Å²) >= 11 is 3.22. The van der Waals surface area contributed by atoms with Crippen molar-refractivity contribution in [3.8, 4) is 0 Å². The van der Waals surface area contributed by atoms with E-state index in [4.69, 9.17) is 5.14 Å². The molecule has 0 atom stereocenters. The van der Waals surface area contributed by atoms with Gasteiger partial charge in [0, 0.05) is 23.5 Å². The number of benzene rings is 1. The Balaban J connectivity index is 1.93. The molecule has 0 aromatic heterocycles. The standard InChI is InChI=1S/C12H16BrN3O3S/c13-10-7-9(20(14,18)19)3-4-11(10)16-12(17)5-6-15-8-1-2-8/h3-4,7-8,15H,1-2,5-6H2,(H,16,17)(H2,14,18,19). The molecule has 4 N–H and O–H groups in total. The second-order valence-electron chi connectivity index (χ2n) is 4.71. The Bertz CT molecular complexity index is 614. The highest BCUT2D eigenvalue weighted by atomic mass is 79.9. The van der Waals surface area contributed by atoms with Crippen LogP contribution in [0.15, 0.2) is 27.6 Å². The molecule has 0 heterocycles. The van der Waals surface area contributed by atoms with Gasteiger partial charge in [0.1, 0.15) is 0 Å². The predicted octanol–water partition coefficient (Wildman–Crippen LogP) is 1.18. The highest BCUT2D eigenvalue weighted by Gasteiger charge is 2.20. The first-order valence-electron chi connectivity index (χ1n) is 6.22. The molecule has 110 valence electrons. The minimum atomic E-state index is -3.74. The second-order valence-corrected chi connectivity index (χ2v) is 7.13. The molecule has 0 radical (unpaired) electrons. The summed E-state index contributed by atoms with van der Waals surface area (Å²) in [6, 6.07) is 4.81. The zero-order chi connectivity index (χ0) is 14.8. The summed E-state index contributed by atoms with van der Waals surface area (Å²) < 4.78 is 22.9. The number of sulfonamides is 1. The van der Waals surface area contributed by atoms with Gasteiger partial charge in [0.2, 0.25) is 15.9 Å². The third-order valence-electron chi connectivity index (χ3n) is 2.91. The SMILES string of the molecule is NS(=O)(=O)c1ccc(NC(=O)CCNC2CC2)c(Br)c1. The van der Waals surface area contributed by atoms with Crippen molar-refractivity contribution in [3.05, 3.63) is 22.7 Å². The highest BCUT2D eigenvalue weighted by molar-refractivity contribution is 9.10. The normalized spacial score (nSPS) is 15.1. The maximum Gasteiger partial charge on any atom is 0.238 e. The number of hydrogen-bond donors (Lipinski definition) is 3. The van der Waals surface area contributed by atoms with Gasteiger partial charge in [-0.2, -0.15) is 0 Å². The van der Waals surface area contributed by atoms with Crippen molar-refractivity contribution in [1.82, 2.24) is 5.32 Å². The van der Waals surface area contributed by atoms with Gasteiger partial charge < -0.3 is 10.6 Å². The quantitative estimate of drug-likeness (QED) is 0.707. The molecule has 0 saturated heterocycles.